The molecule has 1 saturated heterocycles. The van der Waals surface area contributed by atoms with E-state index in [2.05, 4.69) is 15.5 Å². The standard InChI is InChI=1S/C18H29N3O4S/c1-26(23,24)17-7-5-16(6-8-17)25-15-3-2-4-18(22)20-11-14-21-12-9-19-10-13-21/h5-8,19H,2-4,9-15H2,1H3,(H,20,22). The zero-order valence-corrected chi connectivity index (χ0v) is 16.2. The number of nitrogens with one attached hydrogen (secondary N) is 2. The van der Waals surface area contributed by atoms with Gasteiger partial charge < -0.3 is 15.4 Å². The molecule has 1 fully saturated rings. The van der Waals surface area contributed by atoms with Crippen molar-refractivity contribution in [1.82, 2.24) is 15.5 Å². The third kappa shape index (κ3) is 7.72. The van der Waals surface area contributed by atoms with E-state index in [9.17, 15) is 13.2 Å². The quantitative estimate of drug-likeness (QED) is 0.577. The Kier molecular flexibility index (Phi) is 8.34. The smallest absolute Gasteiger partial charge is 0.220 e. The number of nitrogens with zero attached hydrogens (tertiary/aromatic N) is 1. The first-order chi connectivity index (χ1) is 12.4. The largest absolute Gasteiger partial charge is 0.494 e. The van der Waals surface area contributed by atoms with Gasteiger partial charge in [0, 0.05) is 51.9 Å². The number of hydrogen-bond acceptors (Lipinski definition) is 6. The van der Waals surface area contributed by atoms with Crippen LogP contribution in [0.25, 0.3) is 0 Å². The van der Waals surface area contributed by atoms with Gasteiger partial charge in [-0.2, -0.15) is 0 Å². The van der Waals surface area contributed by atoms with Gasteiger partial charge >= 0.3 is 0 Å². The summed E-state index contributed by atoms with van der Waals surface area (Å²) in [5.41, 5.74) is 0. The lowest BCUT2D eigenvalue weighted by molar-refractivity contribution is -0.121. The number of ether oxygens (including phenoxy) is 1. The minimum absolute atomic E-state index is 0.0811. The minimum atomic E-state index is -3.18. The highest BCUT2D eigenvalue weighted by Gasteiger charge is 2.09. The van der Waals surface area contributed by atoms with Crippen molar-refractivity contribution in [3.8, 4) is 5.75 Å². The molecule has 146 valence electrons. The van der Waals surface area contributed by atoms with Crippen LogP contribution in [-0.2, 0) is 14.6 Å². The van der Waals surface area contributed by atoms with Crippen LogP contribution < -0.4 is 15.4 Å². The van der Waals surface area contributed by atoms with Gasteiger partial charge in [0.25, 0.3) is 0 Å². The van der Waals surface area contributed by atoms with E-state index in [1.807, 2.05) is 0 Å². The van der Waals surface area contributed by atoms with Crippen LogP contribution >= 0.6 is 0 Å². The Morgan fingerprint density at radius 1 is 1.19 bits per heavy atom. The van der Waals surface area contributed by atoms with E-state index in [0.717, 1.165) is 45.6 Å². The Morgan fingerprint density at radius 2 is 1.88 bits per heavy atom. The number of hydrogen-bond donors (Lipinski definition) is 2. The summed E-state index contributed by atoms with van der Waals surface area (Å²) in [6.45, 7) is 6.22. The van der Waals surface area contributed by atoms with Crippen molar-refractivity contribution >= 4 is 15.7 Å². The van der Waals surface area contributed by atoms with E-state index in [1.165, 1.54) is 18.4 Å². The van der Waals surface area contributed by atoms with E-state index in [-0.39, 0.29) is 10.8 Å². The third-order valence-corrected chi connectivity index (χ3v) is 5.41. The SMILES string of the molecule is CS(=O)(=O)c1ccc(OCCCCC(=O)NCCN2CCNCC2)cc1. The van der Waals surface area contributed by atoms with Crippen LogP contribution in [-0.4, -0.2) is 71.4 Å². The molecule has 2 rings (SSSR count). The molecule has 0 spiro atoms. The molecule has 2 N–H and O–H groups in total. The summed E-state index contributed by atoms with van der Waals surface area (Å²) in [5, 5.41) is 6.27. The summed E-state index contributed by atoms with van der Waals surface area (Å²) in [4.78, 5) is 14.4. The molecule has 0 radical (unpaired) electrons. The maximum atomic E-state index is 11.8. The summed E-state index contributed by atoms with van der Waals surface area (Å²) in [5.74, 6) is 0.718. The molecule has 0 aliphatic carbocycles. The summed E-state index contributed by atoms with van der Waals surface area (Å²) >= 11 is 0. The molecule has 0 aromatic heterocycles. The number of unbranched alkanes of at least 4 members (excludes halogenated alkanes) is 1. The molecule has 1 aromatic carbocycles. The van der Waals surface area contributed by atoms with Gasteiger partial charge in [-0.3, -0.25) is 9.69 Å². The summed E-state index contributed by atoms with van der Waals surface area (Å²) in [6.07, 6.45) is 3.22. The van der Waals surface area contributed by atoms with Gasteiger partial charge in [0.05, 0.1) is 11.5 Å². The van der Waals surface area contributed by atoms with E-state index in [4.69, 9.17) is 4.74 Å². The van der Waals surface area contributed by atoms with E-state index < -0.39 is 9.84 Å². The predicted molar refractivity (Wildman–Crippen MR) is 101 cm³/mol. The Bertz CT molecular complexity index is 656. The molecule has 1 amide bonds. The number of sulfone groups is 1. The second-order valence-corrected chi connectivity index (χ2v) is 8.51. The normalized spacial score (nSPS) is 15.6. The number of benzene rings is 1. The zero-order valence-electron chi connectivity index (χ0n) is 15.4. The van der Waals surface area contributed by atoms with Crippen molar-refractivity contribution in [1.29, 1.82) is 0 Å². The van der Waals surface area contributed by atoms with E-state index in [1.54, 1.807) is 12.1 Å². The molecule has 8 heteroatoms. The fourth-order valence-electron chi connectivity index (χ4n) is 2.74. The second-order valence-electron chi connectivity index (χ2n) is 6.49. The summed E-state index contributed by atoms with van der Waals surface area (Å²) in [6, 6.07) is 6.38. The fourth-order valence-corrected chi connectivity index (χ4v) is 3.37. The number of piperazine rings is 1. The van der Waals surface area contributed by atoms with Crippen LogP contribution in [0.4, 0.5) is 0 Å². The summed E-state index contributed by atoms with van der Waals surface area (Å²) in [7, 11) is -3.18. The van der Waals surface area contributed by atoms with E-state index >= 15 is 0 Å². The maximum Gasteiger partial charge on any atom is 0.220 e. The van der Waals surface area contributed by atoms with Crippen LogP contribution in [0.5, 0.6) is 5.75 Å². The van der Waals surface area contributed by atoms with Crippen molar-refractivity contribution in [3.05, 3.63) is 24.3 Å². The molecule has 0 saturated carbocycles. The molecular formula is C18H29N3O4S. The average molecular weight is 384 g/mol. The number of amides is 1. The van der Waals surface area contributed by atoms with Gasteiger partial charge in [0.2, 0.25) is 5.91 Å². The van der Waals surface area contributed by atoms with Gasteiger partial charge in [0.1, 0.15) is 5.75 Å². The molecule has 7 nitrogen and oxygen atoms in total. The van der Waals surface area contributed by atoms with Crippen molar-refractivity contribution in [2.75, 3.05) is 52.1 Å². The third-order valence-electron chi connectivity index (χ3n) is 4.28. The Morgan fingerprint density at radius 3 is 2.54 bits per heavy atom. The lowest BCUT2D eigenvalue weighted by Crippen LogP contribution is -2.46. The van der Waals surface area contributed by atoms with Crippen LogP contribution in [0.1, 0.15) is 19.3 Å². The number of carbonyl (C=O) groups excluding carboxylic acids is 1. The molecule has 26 heavy (non-hydrogen) atoms. The van der Waals surface area contributed by atoms with Gasteiger partial charge in [-0.15, -0.1) is 0 Å². The Balaban J connectivity index is 1.52. The average Bonchev–Trinajstić information content (AvgIpc) is 2.62. The van der Waals surface area contributed by atoms with Gasteiger partial charge in [-0.1, -0.05) is 0 Å². The van der Waals surface area contributed by atoms with Crippen molar-refractivity contribution in [2.45, 2.75) is 24.2 Å². The van der Waals surface area contributed by atoms with Gasteiger partial charge in [0.15, 0.2) is 9.84 Å². The molecule has 0 bridgehead atoms. The second kappa shape index (κ2) is 10.5. The molecule has 0 unspecified atom stereocenters. The predicted octanol–water partition coefficient (Wildman–Crippen LogP) is 0.661. The molecule has 0 atom stereocenters. The topological polar surface area (TPSA) is 87.7 Å². The number of rotatable bonds is 10. The molecule has 1 heterocycles. The molecule has 1 aliphatic rings. The summed E-state index contributed by atoms with van der Waals surface area (Å²) < 4.78 is 28.4. The maximum absolute atomic E-state index is 11.8. The first-order valence-corrected chi connectivity index (χ1v) is 11.0. The van der Waals surface area contributed by atoms with Gasteiger partial charge in [-0.05, 0) is 37.1 Å². The Labute approximate surface area is 156 Å². The van der Waals surface area contributed by atoms with Crippen molar-refractivity contribution in [3.63, 3.8) is 0 Å². The van der Waals surface area contributed by atoms with Crippen LogP contribution in [0, 0.1) is 0 Å². The first kappa shape index (κ1) is 20.7. The highest BCUT2D eigenvalue weighted by atomic mass is 32.2. The van der Waals surface area contributed by atoms with E-state index in [0.29, 0.717) is 25.3 Å². The fraction of sp³-hybridized carbons (Fsp3) is 0.611. The lowest BCUT2D eigenvalue weighted by Gasteiger charge is -2.27. The molecule has 1 aliphatic heterocycles. The highest BCUT2D eigenvalue weighted by molar-refractivity contribution is 7.90. The highest BCUT2D eigenvalue weighted by Crippen LogP contribution is 2.16. The Hall–Kier alpha value is -1.64. The number of carbonyl (C=O) groups is 1. The van der Waals surface area contributed by atoms with Crippen LogP contribution in [0.15, 0.2) is 29.2 Å². The molecule has 1 aromatic rings. The molecular weight excluding hydrogens is 354 g/mol. The first-order valence-electron chi connectivity index (χ1n) is 9.08. The van der Waals surface area contributed by atoms with Gasteiger partial charge in [-0.25, -0.2) is 8.42 Å². The van der Waals surface area contributed by atoms with Crippen LogP contribution in [0.2, 0.25) is 0 Å². The zero-order chi connectivity index (χ0) is 18.8. The minimum Gasteiger partial charge on any atom is -0.494 e. The monoisotopic (exact) mass is 383 g/mol. The van der Waals surface area contributed by atoms with Crippen LogP contribution in [0.3, 0.4) is 0 Å². The van der Waals surface area contributed by atoms with Crippen molar-refractivity contribution in [2.24, 2.45) is 0 Å². The van der Waals surface area contributed by atoms with Crippen molar-refractivity contribution < 1.29 is 17.9 Å². The lowest BCUT2D eigenvalue weighted by atomic mass is 10.2.